The highest BCUT2D eigenvalue weighted by Crippen LogP contribution is 2.43. The van der Waals surface area contributed by atoms with Crippen LogP contribution in [-0.4, -0.2) is 23.6 Å². The van der Waals surface area contributed by atoms with E-state index in [9.17, 15) is 5.26 Å². The molecule has 126 valence electrons. The molecule has 0 spiro atoms. The molecule has 2 heterocycles. The molecule has 1 atom stereocenters. The van der Waals surface area contributed by atoms with Gasteiger partial charge in [-0.15, -0.1) is 11.3 Å². The maximum absolute atomic E-state index is 9.18. The van der Waals surface area contributed by atoms with E-state index in [-0.39, 0.29) is 5.92 Å². The van der Waals surface area contributed by atoms with Crippen molar-refractivity contribution in [1.82, 2.24) is 9.97 Å². The van der Waals surface area contributed by atoms with Crippen molar-refractivity contribution in [1.29, 1.82) is 5.26 Å². The van der Waals surface area contributed by atoms with Crippen LogP contribution in [0.15, 0.2) is 35.7 Å². The molecule has 1 fully saturated rings. The third kappa shape index (κ3) is 3.10. The van der Waals surface area contributed by atoms with Crippen LogP contribution >= 0.6 is 11.3 Å². The van der Waals surface area contributed by atoms with E-state index < -0.39 is 0 Å². The van der Waals surface area contributed by atoms with Crippen LogP contribution in [0.25, 0.3) is 21.3 Å². The van der Waals surface area contributed by atoms with Crippen LogP contribution in [-0.2, 0) is 0 Å². The summed E-state index contributed by atoms with van der Waals surface area (Å²) >= 11 is 1.68. The van der Waals surface area contributed by atoms with E-state index in [1.165, 1.54) is 24.0 Å². The number of aromatic nitrogens is 2. The molecule has 3 aromatic rings. The summed E-state index contributed by atoms with van der Waals surface area (Å²) in [6.45, 7) is 2.61. The van der Waals surface area contributed by atoms with Crippen molar-refractivity contribution in [2.24, 2.45) is 5.92 Å². The zero-order chi connectivity index (χ0) is 17.4. The Hall–Kier alpha value is -2.45. The van der Waals surface area contributed by atoms with Gasteiger partial charge in [-0.2, -0.15) is 5.26 Å². The highest BCUT2D eigenvalue weighted by Gasteiger charge is 2.29. The molecule has 1 aliphatic rings. The first-order valence-corrected chi connectivity index (χ1v) is 9.50. The number of benzene rings is 1. The van der Waals surface area contributed by atoms with Crippen molar-refractivity contribution in [3.8, 4) is 17.2 Å². The van der Waals surface area contributed by atoms with Crippen molar-refractivity contribution >= 4 is 27.4 Å². The zero-order valence-electron chi connectivity index (χ0n) is 14.4. The maximum Gasteiger partial charge on any atom is 0.141 e. The Bertz CT molecular complexity index is 937. The van der Waals surface area contributed by atoms with Crippen LogP contribution in [0, 0.1) is 17.2 Å². The Balaban J connectivity index is 1.88. The Morgan fingerprint density at radius 1 is 1.28 bits per heavy atom. The fourth-order valence-electron chi connectivity index (χ4n) is 3.11. The Labute approximate surface area is 151 Å². The smallest absolute Gasteiger partial charge is 0.141 e. The molecular formula is C20H20N4S. The van der Waals surface area contributed by atoms with E-state index >= 15 is 0 Å². The maximum atomic E-state index is 9.18. The third-order valence-electron chi connectivity index (χ3n) is 4.59. The molecule has 0 N–H and O–H groups in total. The highest BCUT2D eigenvalue weighted by atomic mass is 32.1. The molecule has 0 saturated heterocycles. The first kappa shape index (κ1) is 16.0. The molecule has 5 heteroatoms. The molecule has 0 aliphatic heterocycles. The minimum absolute atomic E-state index is 0.0433. The largest absolute Gasteiger partial charge is 0.358 e. The van der Waals surface area contributed by atoms with Gasteiger partial charge in [0.15, 0.2) is 0 Å². The van der Waals surface area contributed by atoms with Gasteiger partial charge in [0.25, 0.3) is 0 Å². The predicted octanol–water partition coefficient (Wildman–Crippen LogP) is 4.83. The quantitative estimate of drug-likeness (QED) is 0.662. The van der Waals surface area contributed by atoms with E-state index in [1.807, 2.05) is 20.0 Å². The van der Waals surface area contributed by atoms with Gasteiger partial charge in [-0.05, 0) is 25.3 Å². The van der Waals surface area contributed by atoms with Crippen molar-refractivity contribution in [2.75, 3.05) is 18.5 Å². The van der Waals surface area contributed by atoms with Crippen molar-refractivity contribution in [3.63, 3.8) is 0 Å². The third-order valence-corrected chi connectivity index (χ3v) is 5.46. The number of anilines is 1. The molecular weight excluding hydrogens is 328 g/mol. The number of thiophene rings is 1. The second-order valence-electron chi connectivity index (χ2n) is 6.79. The van der Waals surface area contributed by atoms with E-state index in [4.69, 9.17) is 9.97 Å². The number of fused-ring (bicyclic) bond motifs is 1. The molecule has 0 bridgehead atoms. The van der Waals surface area contributed by atoms with Crippen LogP contribution in [0.2, 0.25) is 0 Å². The molecule has 0 amide bonds. The number of nitrogens with zero attached hydrogens (tertiary/aromatic N) is 4. The van der Waals surface area contributed by atoms with E-state index in [1.54, 1.807) is 11.3 Å². The average molecular weight is 348 g/mol. The first-order valence-electron chi connectivity index (χ1n) is 8.62. The lowest BCUT2D eigenvalue weighted by atomic mass is 10.1. The van der Waals surface area contributed by atoms with Crippen LogP contribution < -0.4 is 4.90 Å². The number of hydrogen-bond donors (Lipinski definition) is 0. The standard InChI is InChI=1S/C20H20N4S/c1-13(10-21)11-24(2)19-17-16(14-6-4-3-5-7-14)12-25-20(17)23-18(22-19)15-8-9-15/h3-7,12-13,15H,8-9,11H2,1-2H3/t13-/m0/s1. The molecule has 4 nitrogen and oxygen atoms in total. The minimum atomic E-state index is -0.0433. The summed E-state index contributed by atoms with van der Waals surface area (Å²) in [5.74, 6) is 2.37. The van der Waals surface area contributed by atoms with Gasteiger partial charge in [0.1, 0.15) is 16.5 Å². The SMILES string of the molecule is C[C@@H](C#N)CN(C)c1nc(C2CC2)nc2scc(-c3ccccc3)c12. The van der Waals surface area contributed by atoms with Crippen LogP contribution in [0.4, 0.5) is 5.82 Å². The van der Waals surface area contributed by atoms with Gasteiger partial charge >= 0.3 is 0 Å². The molecule has 4 rings (SSSR count). The van der Waals surface area contributed by atoms with Gasteiger partial charge in [-0.25, -0.2) is 9.97 Å². The predicted molar refractivity (Wildman–Crippen MR) is 103 cm³/mol. The van der Waals surface area contributed by atoms with Gasteiger partial charge in [-0.1, -0.05) is 30.3 Å². The summed E-state index contributed by atoms with van der Waals surface area (Å²) in [7, 11) is 2.03. The highest BCUT2D eigenvalue weighted by molar-refractivity contribution is 7.17. The summed E-state index contributed by atoms with van der Waals surface area (Å²) in [6, 6.07) is 12.7. The fraction of sp³-hybridized carbons (Fsp3) is 0.350. The zero-order valence-corrected chi connectivity index (χ0v) is 15.3. The average Bonchev–Trinajstić information content (AvgIpc) is 3.40. The van der Waals surface area contributed by atoms with Crippen LogP contribution in [0.1, 0.15) is 31.5 Å². The fourth-order valence-corrected chi connectivity index (χ4v) is 4.06. The molecule has 0 radical (unpaired) electrons. The molecule has 1 aromatic carbocycles. The molecule has 1 saturated carbocycles. The van der Waals surface area contributed by atoms with Gasteiger partial charge in [-0.3, -0.25) is 0 Å². The minimum Gasteiger partial charge on any atom is -0.358 e. The van der Waals surface area contributed by atoms with Crippen molar-refractivity contribution in [3.05, 3.63) is 41.5 Å². The topological polar surface area (TPSA) is 52.8 Å². The molecule has 0 unspecified atom stereocenters. The number of hydrogen-bond acceptors (Lipinski definition) is 5. The molecule has 25 heavy (non-hydrogen) atoms. The Morgan fingerprint density at radius 2 is 2.04 bits per heavy atom. The number of rotatable bonds is 5. The van der Waals surface area contributed by atoms with E-state index in [2.05, 4.69) is 40.6 Å². The molecule has 2 aromatic heterocycles. The van der Waals surface area contributed by atoms with Gasteiger partial charge in [0.05, 0.1) is 17.4 Å². The van der Waals surface area contributed by atoms with Crippen molar-refractivity contribution < 1.29 is 0 Å². The van der Waals surface area contributed by atoms with Gasteiger partial charge in [0.2, 0.25) is 0 Å². The van der Waals surface area contributed by atoms with Crippen LogP contribution in [0.5, 0.6) is 0 Å². The number of nitriles is 1. The second-order valence-corrected chi connectivity index (χ2v) is 7.64. The molecule has 1 aliphatic carbocycles. The van der Waals surface area contributed by atoms with Crippen molar-refractivity contribution in [2.45, 2.75) is 25.7 Å². The Kier molecular flexibility index (Phi) is 4.14. The summed E-state index contributed by atoms with van der Waals surface area (Å²) < 4.78 is 0. The lowest BCUT2D eigenvalue weighted by molar-refractivity contribution is 0.709. The van der Waals surface area contributed by atoms with E-state index in [0.717, 1.165) is 21.9 Å². The van der Waals surface area contributed by atoms with E-state index in [0.29, 0.717) is 12.5 Å². The summed E-state index contributed by atoms with van der Waals surface area (Å²) in [6.07, 6.45) is 2.36. The first-order chi connectivity index (χ1) is 12.2. The Morgan fingerprint density at radius 3 is 2.72 bits per heavy atom. The van der Waals surface area contributed by atoms with Gasteiger partial charge in [0, 0.05) is 30.5 Å². The summed E-state index contributed by atoms with van der Waals surface area (Å²) in [4.78, 5) is 12.9. The second kappa shape index (κ2) is 6.45. The summed E-state index contributed by atoms with van der Waals surface area (Å²) in [5.41, 5.74) is 2.36. The van der Waals surface area contributed by atoms with Gasteiger partial charge < -0.3 is 4.90 Å². The van der Waals surface area contributed by atoms with Crippen LogP contribution in [0.3, 0.4) is 0 Å². The lowest BCUT2D eigenvalue weighted by Crippen LogP contribution is -2.25. The summed E-state index contributed by atoms with van der Waals surface area (Å²) in [5, 5.41) is 12.5. The normalized spacial score (nSPS) is 15.1. The monoisotopic (exact) mass is 348 g/mol. The lowest BCUT2D eigenvalue weighted by Gasteiger charge is -2.21.